The lowest BCUT2D eigenvalue weighted by atomic mass is 9.80. The fourth-order valence-electron chi connectivity index (χ4n) is 4.84. The van der Waals surface area contributed by atoms with Crippen LogP contribution in [0, 0.1) is 11.8 Å². The molecule has 2 heterocycles. The van der Waals surface area contributed by atoms with Crippen molar-refractivity contribution >= 4 is 15.9 Å². The maximum atomic E-state index is 13.1. The SMILES string of the molecule is CC(C)C1CCC(OC[C@H]2[C@@H](NS(C)(=O)=O)CCCN2C(=O)Cn2ccc(=O)cn2)CC1. The second kappa shape index (κ2) is 10.9. The van der Waals surface area contributed by atoms with Crippen molar-refractivity contribution in [2.45, 2.75) is 77.1 Å². The molecule has 2 aliphatic rings. The molecule has 180 valence electrons. The summed E-state index contributed by atoms with van der Waals surface area (Å²) < 4.78 is 34.3. The van der Waals surface area contributed by atoms with Crippen LogP contribution in [0.3, 0.4) is 0 Å². The first-order valence-electron chi connectivity index (χ1n) is 11.5. The molecule has 1 aliphatic heterocycles. The lowest BCUT2D eigenvalue weighted by Gasteiger charge is -2.42. The predicted octanol–water partition coefficient (Wildman–Crippen LogP) is 1.38. The average molecular weight is 469 g/mol. The van der Waals surface area contributed by atoms with Gasteiger partial charge in [0, 0.05) is 24.8 Å². The summed E-state index contributed by atoms with van der Waals surface area (Å²) in [5, 5.41) is 3.97. The van der Waals surface area contributed by atoms with Crippen molar-refractivity contribution in [1.82, 2.24) is 19.4 Å². The van der Waals surface area contributed by atoms with Crippen LogP contribution in [0.15, 0.2) is 23.3 Å². The van der Waals surface area contributed by atoms with Gasteiger partial charge in [-0.1, -0.05) is 13.8 Å². The molecule has 2 atom stereocenters. The van der Waals surface area contributed by atoms with E-state index < -0.39 is 16.1 Å². The number of nitrogens with zero attached hydrogens (tertiary/aromatic N) is 3. The van der Waals surface area contributed by atoms with E-state index >= 15 is 0 Å². The molecular formula is C22H36N4O5S. The third-order valence-corrected chi connectivity index (χ3v) is 7.40. The second-order valence-electron chi connectivity index (χ2n) is 9.47. The Morgan fingerprint density at radius 1 is 1.25 bits per heavy atom. The summed E-state index contributed by atoms with van der Waals surface area (Å²) in [6.07, 6.45) is 9.56. The summed E-state index contributed by atoms with van der Waals surface area (Å²) in [6, 6.07) is 0.586. The summed E-state index contributed by atoms with van der Waals surface area (Å²) in [4.78, 5) is 26.1. The molecule has 1 aromatic heterocycles. The van der Waals surface area contributed by atoms with Crippen molar-refractivity contribution in [2.24, 2.45) is 11.8 Å². The maximum Gasteiger partial charge on any atom is 0.244 e. The standard InChI is InChI=1S/C22H36N4O5S/c1-16(2)17-6-8-19(9-7-17)31-15-21-20(24-32(3,29)30)5-4-11-26(21)22(28)14-25-12-10-18(27)13-23-25/h10,12-13,16-17,19-21,24H,4-9,11,14-15H2,1-3H3/t17?,19?,20-,21-/m0/s1. The minimum atomic E-state index is -3.43. The lowest BCUT2D eigenvalue weighted by Crippen LogP contribution is -2.59. The van der Waals surface area contributed by atoms with Crippen molar-refractivity contribution in [3.63, 3.8) is 0 Å². The van der Waals surface area contributed by atoms with E-state index in [0.717, 1.165) is 37.9 Å². The molecular weight excluding hydrogens is 432 g/mol. The summed E-state index contributed by atoms with van der Waals surface area (Å²) in [5.74, 6) is 1.23. The topological polar surface area (TPSA) is 111 Å². The van der Waals surface area contributed by atoms with E-state index in [0.29, 0.717) is 31.9 Å². The Kier molecular flexibility index (Phi) is 8.46. The number of amides is 1. The molecule has 0 unspecified atom stereocenters. The van der Waals surface area contributed by atoms with Gasteiger partial charge in [0.05, 0.1) is 31.2 Å². The Hall–Kier alpha value is -1.78. The van der Waals surface area contributed by atoms with Crippen molar-refractivity contribution in [3.05, 3.63) is 28.7 Å². The normalized spacial score (nSPS) is 26.9. The van der Waals surface area contributed by atoms with E-state index in [1.54, 1.807) is 4.90 Å². The van der Waals surface area contributed by atoms with Gasteiger partial charge in [-0.25, -0.2) is 13.1 Å². The van der Waals surface area contributed by atoms with Crippen LogP contribution >= 0.6 is 0 Å². The summed E-state index contributed by atoms with van der Waals surface area (Å²) in [6.45, 7) is 5.34. The molecule has 1 aliphatic carbocycles. The largest absolute Gasteiger partial charge is 0.376 e. The van der Waals surface area contributed by atoms with Gasteiger partial charge in [0.1, 0.15) is 6.54 Å². The molecule has 3 rings (SSSR count). The first-order chi connectivity index (χ1) is 15.1. The van der Waals surface area contributed by atoms with Crippen LogP contribution in [0.2, 0.25) is 0 Å². The molecule has 0 aromatic carbocycles. The highest BCUT2D eigenvalue weighted by Crippen LogP contribution is 2.31. The molecule has 2 fully saturated rings. The van der Waals surface area contributed by atoms with E-state index in [9.17, 15) is 18.0 Å². The molecule has 1 saturated carbocycles. The molecule has 1 N–H and O–H groups in total. The van der Waals surface area contributed by atoms with Gasteiger partial charge < -0.3 is 9.64 Å². The Morgan fingerprint density at radius 3 is 2.56 bits per heavy atom. The van der Waals surface area contributed by atoms with E-state index in [2.05, 4.69) is 23.7 Å². The predicted molar refractivity (Wildman–Crippen MR) is 122 cm³/mol. The molecule has 0 spiro atoms. The average Bonchev–Trinajstić information content (AvgIpc) is 2.73. The number of rotatable bonds is 8. The van der Waals surface area contributed by atoms with Crippen molar-refractivity contribution in [2.75, 3.05) is 19.4 Å². The fourth-order valence-corrected chi connectivity index (χ4v) is 5.66. The number of carbonyl (C=O) groups excluding carboxylic acids is 1. The van der Waals surface area contributed by atoms with Gasteiger partial charge in [-0.2, -0.15) is 5.10 Å². The number of hydrogen-bond acceptors (Lipinski definition) is 6. The van der Waals surface area contributed by atoms with Gasteiger partial charge in [-0.15, -0.1) is 0 Å². The summed E-state index contributed by atoms with van der Waals surface area (Å²) in [7, 11) is -3.43. The van der Waals surface area contributed by atoms with Crippen molar-refractivity contribution in [3.8, 4) is 0 Å². The Morgan fingerprint density at radius 2 is 1.97 bits per heavy atom. The number of carbonyl (C=O) groups is 1. The van der Waals surface area contributed by atoms with Crippen LogP contribution < -0.4 is 10.2 Å². The molecule has 1 aromatic rings. The molecule has 1 saturated heterocycles. The van der Waals surface area contributed by atoms with Crippen LogP contribution in [0.4, 0.5) is 0 Å². The van der Waals surface area contributed by atoms with Gasteiger partial charge >= 0.3 is 0 Å². The monoisotopic (exact) mass is 468 g/mol. The quantitative estimate of drug-likeness (QED) is 0.617. The minimum Gasteiger partial charge on any atom is -0.376 e. The van der Waals surface area contributed by atoms with E-state index in [-0.39, 0.29) is 30.0 Å². The lowest BCUT2D eigenvalue weighted by molar-refractivity contribution is -0.139. The minimum absolute atomic E-state index is 0.0120. The number of piperidine rings is 1. The Bertz CT molecular complexity index is 904. The number of nitrogens with one attached hydrogen (secondary N) is 1. The van der Waals surface area contributed by atoms with Crippen LogP contribution in [-0.4, -0.2) is 66.6 Å². The van der Waals surface area contributed by atoms with Gasteiger partial charge in [0.2, 0.25) is 15.9 Å². The van der Waals surface area contributed by atoms with E-state index in [4.69, 9.17) is 4.74 Å². The third-order valence-electron chi connectivity index (χ3n) is 6.67. The molecule has 9 nitrogen and oxygen atoms in total. The highest BCUT2D eigenvalue weighted by Gasteiger charge is 2.37. The maximum absolute atomic E-state index is 13.1. The highest BCUT2D eigenvalue weighted by molar-refractivity contribution is 7.88. The number of likely N-dealkylation sites (tertiary alicyclic amines) is 1. The molecule has 0 radical (unpaired) electrons. The second-order valence-corrected chi connectivity index (χ2v) is 11.2. The van der Waals surface area contributed by atoms with Crippen LogP contribution in [0.1, 0.15) is 52.4 Å². The summed E-state index contributed by atoms with van der Waals surface area (Å²) >= 11 is 0. The first kappa shape index (κ1) is 24.9. The van der Waals surface area contributed by atoms with Crippen molar-refractivity contribution < 1.29 is 17.9 Å². The van der Waals surface area contributed by atoms with Crippen LogP contribution in [0.25, 0.3) is 0 Å². The zero-order valence-electron chi connectivity index (χ0n) is 19.3. The number of hydrogen-bond donors (Lipinski definition) is 1. The van der Waals surface area contributed by atoms with Crippen LogP contribution in [-0.2, 0) is 26.1 Å². The molecule has 32 heavy (non-hydrogen) atoms. The number of sulfonamides is 1. The van der Waals surface area contributed by atoms with Gasteiger partial charge in [0.15, 0.2) is 5.43 Å². The Balaban J connectivity index is 1.68. The highest BCUT2D eigenvalue weighted by atomic mass is 32.2. The zero-order chi connectivity index (χ0) is 23.3. The van der Waals surface area contributed by atoms with Crippen molar-refractivity contribution in [1.29, 1.82) is 0 Å². The number of ether oxygens (including phenoxy) is 1. The van der Waals surface area contributed by atoms with Gasteiger partial charge in [-0.3, -0.25) is 14.3 Å². The van der Waals surface area contributed by atoms with Gasteiger partial charge in [0.25, 0.3) is 0 Å². The third kappa shape index (κ3) is 7.11. The van der Waals surface area contributed by atoms with Crippen LogP contribution in [0.5, 0.6) is 0 Å². The van der Waals surface area contributed by atoms with E-state index in [1.165, 1.54) is 23.1 Å². The Labute approximate surface area is 190 Å². The van der Waals surface area contributed by atoms with Gasteiger partial charge in [-0.05, 0) is 50.4 Å². The number of aromatic nitrogens is 2. The smallest absolute Gasteiger partial charge is 0.244 e. The molecule has 10 heteroatoms. The molecule has 1 amide bonds. The summed E-state index contributed by atoms with van der Waals surface area (Å²) in [5.41, 5.74) is -0.220. The van der Waals surface area contributed by atoms with E-state index in [1.807, 2.05) is 0 Å². The molecule has 0 bridgehead atoms. The first-order valence-corrected chi connectivity index (χ1v) is 13.4. The fraction of sp³-hybridized carbons (Fsp3) is 0.773. The zero-order valence-corrected chi connectivity index (χ0v) is 20.1.